The van der Waals surface area contributed by atoms with E-state index < -0.39 is 0 Å². The lowest BCUT2D eigenvalue weighted by molar-refractivity contribution is -0.144. The van der Waals surface area contributed by atoms with E-state index in [0.29, 0.717) is 6.42 Å². The molecule has 4 heteroatoms. The van der Waals surface area contributed by atoms with Crippen molar-refractivity contribution in [2.24, 2.45) is 5.90 Å². The van der Waals surface area contributed by atoms with Crippen molar-refractivity contribution in [2.75, 3.05) is 6.61 Å². The van der Waals surface area contributed by atoms with Crippen molar-refractivity contribution in [1.29, 1.82) is 0 Å². The molecule has 0 radical (unpaired) electrons. The standard InChI is InChI=1S/C18H37NO2.C2H6O/c1-2-3-4-5-6-7-8-9-10-11-12-13-14-15-16-17-18(20)21-19;1-2-3/h2-17,19H2,1H3;3H,2H2,1H3. The Balaban J connectivity index is 0. The molecule has 0 fully saturated rings. The van der Waals surface area contributed by atoms with Gasteiger partial charge in [0.15, 0.2) is 0 Å². The summed E-state index contributed by atoms with van der Waals surface area (Å²) in [5.41, 5.74) is 0. The van der Waals surface area contributed by atoms with Gasteiger partial charge in [-0.25, -0.2) is 0 Å². The first-order valence-corrected chi connectivity index (χ1v) is 10.2. The molecule has 0 saturated carbocycles. The predicted octanol–water partition coefficient (Wildman–Crippen LogP) is 5.66. The first-order chi connectivity index (χ1) is 11.7. The van der Waals surface area contributed by atoms with Crippen LogP contribution in [0, 0.1) is 0 Å². The van der Waals surface area contributed by atoms with Crippen LogP contribution in [-0.4, -0.2) is 17.7 Å². The predicted molar refractivity (Wildman–Crippen MR) is 103 cm³/mol. The molecule has 0 amide bonds. The van der Waals surface area contributed by atoms with Gasteiger partial charge in [0.1, 0.15) is 0 Å². The van der Waals surface area contributed by atoms with Crippen molar-refractivity contribution in [2.45, 2.75) is 117 Å². The van der Waals surface area contributed by atoms with Crippen LogP contribution in [0.4, 0.5) is 0 Å². The number of nitrogens with two attached hydrogens (primary N) is 1. The number of carbonyl (C=O) groups is 1. The Kier molecular flexibility index (Phi) is 26.3. The van der Waals surface area contributed by atoms with E-state index >= 15 is 0 Å². The third kappa shape index (κ3) is 26.3. The van der Waals surface area contributed by atoms with Crippen molar-refractivity contribution in [3.05, 3.63) is 0 Å². The van der Waals surface area contributed by atoms with E-state index in [9.17, 15) is 4.79 Å². The zero-order chi connectivity index (χ0) is 18.3. The summed E-state index contributed by atoms with van der Waals surface area (Å²) in [6.07, 6.45) is 20.5. The first kappa shape index (κ1) is 25.6. The zero-order valence-electron chi connectivity index (χ0n) is 16.4. The fraction of sp³-hybridized carbons (Fsp3) is 0.950. The molecule has 3 N–H and O–H groups in total. The van der Waals surface area contributed by atoms with Crippen LogP contribution >= 0.6 is 0 Å². The molecule has 0 aliphatic heterocycles. The third-order valence-corrected chi connectivity index (χ3v) is 4.12. The molecule has 0 atom stereocenters. The summed E-state index contributed by atoms with van der Waals surface area (Å²) < 4.78 is 0. The lowest BCUT2D eigenvalue weighted by atomic mass is 10.0. The molecular weight excluding hydrogens is 302 g/mol. The summed E-state index contributed by atoms with van der Waals surface area (Å²) in [5, 5.41) is 7.57. The quantitative estimate of drug-likeness (QED) is 0.279. The van der Waals surface area contributed by atoms with E-state index in [-0.39, 0.29) is 12.6 Å². The Bertz CT molecular complexity index is 235. The number of aliphatic hydroxyl groups excluding tert-OH is 1. The summed E-state index contributed by atoms with van der Waals surface area (Å²) in [6.45, 7) is 4.20. The van der Waals surface area contributed by atoms with E-state index in [0.717, 1.165) is 12.8 Å². The van der Waals surface area contributed by atoms with Gasteiger partial charge in [0, 0.05) is 13.0 Å². The summed E-state index contributed by atoms with van der Waals surface area (Å²) in [4.78, 5) is 14.9. The van der Waals surface area contributed by atoms with Crippen LogP contribution in [0.3, 0.4) is 0 Å². The van der Waals surface area contributed by atoms with Crippen LogP contribution in [0.25, 0.3) is 0 Å². The highest BCUT2D eigenvalue weighted by Crippen LogP contribution is 2.13. The Morgan fingerprint density at radius 1 is 0.708 bits per heavy atom. The molecule has 0 saturated heterocycles. The second kappa shape index (κ2) is 24.6. The van der Waals surface area contributed by atoms with Gasteiger partial charge >= 0.3 is 5.97 Å². The van der Waals surface area contributed by atoms with Crippen LogP contribution in [0.2, 0.25) is 0 Å². The second-order valence-corrected chi connectivity index (χ2v) is 6.51. The van der Waals surface area contributed by atoms with Gasteiger partial charge in [0.25, 0.3) is 0 Å². The smallest absolute Gasteiger partial charge is 0.324 e. The number of unbranched alkanes of at least 4 members (excludes halogenated alkanes) is 14. The van der Waals surface area contributed by atoms with Crippen LogP contribution in [-0.2, 0) is 9.63 Å². The van der Waals surface area contributed by atoms with E-state index in [1.807, 2.05) is 0 Å². The van der Waals surface area contributed by atoms with Crippen molar-refractivity contribution in [3.63, 3.8) is 0 Å². The van der Waals surface area contributed by atoms with E-state index in [1.54, 1.807) is 6.92 Å². The highest BCUT2D eigenvalue weighted by molar-refractivity contribution is 5.68. The van der Waals surface area contributed by atoms with Gasteiger partial charge in [-0.15, -0.1) is 0 Å². The maximum Gasteiger partial charge on any atom is 0.324 e. The van der Waals surface area contributed by atoms with Gasteiger partial charge < -0.3 is 9.94 Å². The van der Waals surface area contributed by atoms with Crippen LogP contribution < -0.4 is 5.90 Å². The Labute approximate surface area is 150 Å². The number of carbonyl (C=O) groups excluding carboxylic acids is 1. The number of rotatable bonds is 16. The Hall–Kier alpha value is -0.610. The average Bonchev–Trinajstić information content (AvgIpc) is 2.58. The Morgan fingerprint density at radius 3 is 1.29 bits per heavy atom. The zero-order valence-corrected chi connectivity index (χ0v) is 16.4. The lowest BCUT2D eigenvalue weighted by Crippen LogP contribution is -2.08. The van der Waals surface area contributed by atoms with Gasteiger partial charge in [0.2, 0.25) is 0 Å². The average molecular weight is 346 g/mol. The highest BCUT2D eigenvalue weighted by Gasteiger charge is 1.99. The van der Waals surface area contributed by atoms with Crippen LogP contribution in [0.15, 0.2) is 0 Å². The maximum atomic E-state index is 10.8. The fourth-order valence-electron chi connectivity index (χ4n) is 2.70. The number of hydrogen-bond acceptors (Lipinski definition) is 4. The number of hydrogen-bond donors (Lipinski definition) is 2. The van der Waals surface area contributed by atoms with Crippen molar-refractivity contribution < 1.29 is 14.7 Å². The molecule has 24 heavy (non-hydrogen) atoms. The molecule has 0 unspecified atom stereocenters. The molecule has 0 aromatic rings. The molecule has 146 valence electrons. The van der Waals surface area contributed by atoms with Crippen molar-refractivity contribution in [3.8, 4) is 0 Å². The van der Waals surface area contributed by atoms with Crippen LogP contribution in [0.5, 0.6) is 0 Å². The monoisotopic (exact) mass is 345 g/mol. The summed E-state index contributed by atoms with van der Waals surface area (Å²) in [5.74, 6) is 4.50. The number of aliphatic hydroxyl groups is 1. The largest absolute Gasteiger partial charge is 0.397 e. The molecular formula is C20H43NO3. The fourth-order valence-corrected chi connectivity index (χ4v) is 2.70. The van der Waals surface area contributed by atoms with Crippen molar-refractivity contribution in [1.82, 2.24) is 0 Å². The minimum absolute atomic E-state index is 0.250. The lowest BCUT2D eigenvalue weighted by Gasteiger charge is -2.03. The molecule has 0 heterocycles. The first-order valence-electron chi connectivity index (χ1n) is 10.2. The van der Waals surface area contributed by atoms with Crippen LogP contribution in [0.1, 0.15) is 117 Å². The van der Waals surface area contributed by atoms with Crippen molar-refractivity contribution >= 4 is 5.97 Å². The van der Waals surface area contributed by atoms with E-state index in [1.165, 1.54) is 83.5 Å². The molecule has 0 spiro atoms. The minimum Gasteiger partial charge on any atom is -0.397 e. The van der Waals surface area contributed by atoms with E-state index in [2.05, 4.69) is 11.8 Å². The molecule has 0 aromatic heterocycles. The molecule has 0 aromatic carbocycles. The Morgan fingerprint density at radius 2 is 1.00 bits per heavy atom. The minimum atomic E-state index is -0.287. The molecule has 0 aliphatic carbocycles. The van der Waals surface area contributed by atoms with E-state index in [4.69, 9.17) is 11.0 Å². The maximum absolute atomic E-state index is 10.8. The topological polar surface area (TPSA) is 72.5 Å². The van der Waals surface area contributed by atoms with Gasteiger partial charge in [-0.05, 0) is 13.3 Å². The molecule has 4 nitrogen and oxygen atoms in total. The summed E-state index contributed by atoms with van der Waals surface area (Å²) in [7, 11) is 0. The summed E-state index contributed by atoms with van der Waals surface area (Å²) >= 11 is 0. The second-order valence-electron chi connectivity index (χ2n) is 6.51. The van der Waals surface area contributed by atoms with Gasteiger partial charge in [-0.1, -0.05) is 96.8 Å². The SMILES string of the molecule is CCCCCCCCCCCCCCCCCC(=O)ON.CCO. The normalized spacial score (nSPS) is 10.2. The highest BCUT2D eigenvalue weighted by atomic mass is 16.7. The summed E-state index contributed by atoms with van der Waals surface area (Å²) in [6, 6.07) is 0. The molecule has 0 rings (SSSR count). The third-order valence-electron chi connectivity index (χ3n) is 4.12. The van der Waals surface area contributed by atoms with Gasteiger partial charge in [-0.3, -0.25) is 4.79 Å². The van der Waals surface area contributed by atoms with Gasteiger partial charge in [0.05, 0.1) is 0 Å². The van der Waals surface area contributed by atoms with Gasteiger partial charge in [-0.2, -0.15) is 5.90 Å². The molecule has 0 aliphatic rings. The molecule has 0 bridgehead atoms.